The van der Waals surface area contributed by atoms with Gasteiger partial charge in [0.05, 0.1) is 30.5 Å². The molecule has 4 heterocycles. The van der Waals surface area contributed by atoms with Gasteiger partial charge in [0.25, 0.3) is 5.56 Å². The monoisotopic (exact) mass is 459 g/mol. The van der Waals surface area contributed by atoms with Gasteiger partial charge in [-0.1, -0.05) is 30.3 Å². The van der Waals surface area contributed by atoms with E-state index >= 15 is 0 Å². The van der Waals surface area contributed by atoms with Crippen molar-refractivity contribution in [1.29, 1.82) is 0 Å². The van der Waals surface area contributed by atoms with Gasteiger partial charge in [-0.25, -0.2) is 9.20 Å². The van der Waals surface area contributed by atoms with Gasteiger partial charge < -0.3 is 9.47 Å². The molecule has 1 fully saturated rings. The summed E-state index contributed by atoms with van der Waals surface area (Å²) in [5.41, 5.74) is 4.02. The second-order valence-electron chi connectivity index (χ2n) is 8.65. The summed E-state index contributed by atoms with van der Waals surface area (Å²) in [5.74, 6) is 0.740. The van der Waals surface area contributed by atoms with Crippen molar-refractivity contribution in [2.75, 3.05) is 39.5 Å². The number of hydrogen-bond acceptors (Lipinski definition) is 6. The molecule has 0 radical (unpaired) electrons. The highest BCUT2D eigenvalue weighted by molar-refractivity contribution is 5.93. The van der Waals surface area contributed by atoms with Gasteiger partial charge in [-0.3, -0.25) is 9.69 Å². The van der Waals surface area contributed by atoms with Gasteiger partial charge in [0.2, 0.25) is 0 Å². The minimum absolute atomic E-state index is 0.0568. The van der Waals surface area contributed by atoms with Crippen molar-refractivity contribution in [3.05, 3.63) is 71.1 Å². The van der Waals surface area contributed by atoms with E-state index in [-0.39, 0.29) is 11.6 Å². The summed E-state index contributed by atoms with van der Waals surface area (Å²) in [5, 5.41) is 9.62. The van der Waals surface area contributed by atoms with Crippen LogP contribution in [0.5, 0.6) is 5.75 Å². The molecule has 0 atom stereocenters. The lowest BCUT2D eigenvalue weighted by atomic mass is 10.0. The highest BCUT2D eigenvalue weighted by atomic mass is 16.5. The molecule has 8 nitrogen and oxygen atoms in total. The third-order valence-electron chi connectivity index (χ3n) is 6.01. The Morgan fingerprint density at radius 1 is 1.00 bits per heavy atom. The maximum atomic E-state index is 12.4. The quantitative estimate of drug-likeness (QED) is 0.421. The second-order valence-corrected chi connectivity index (χ2v) is 8.65. The lowest BCUT2D eigenvalue weighted by Crippen LogP contribution is -2.38. The van der Waals surface area contributed by atoms with Gasteiger partial charge in [0.1, 0.15) is 23.6 Å². The topological polar surface area (TPSA) is 73.9 Å². The Balaban J connectivity index is 1.61. The molecule has 8 heteroatoms. The third kappa shape index (κ3) is 4.47. The fourth-order valence-electron chi connectivity index (χ4n) is 4.26. The molecular formula is C26H29N5O3. The molecule has 3 aromatic heterocycles. The first-order valence-electron chi connectivity index (χ1n) is 11.7. The number of aromatic nitrogens is 4. The van der Waals surface area contributed by atoms with Crippen LogP contribution < -0.4 is 10.3 Å². The minimum atomic E-state index is -0.126. The molecule has 34 heavy (non-hydrogen) atoms. The summed E-state index contributed by atoms with van der Waals surface area (Å²) in [6.45, 7) is 8.66. The first kappa shape index (κ1) is 22.3. The van der Waals surface area contributed by atoms with E-state index in [0.717, 1.165) is 60.9 Å². The van der Waals surface area contributed by atoms with Gasteiger partial charge in [-0.05, 0) is 32.0 Å². The van der Waals surface area contributed by atoms with E-state index in [1.807, 2.05) is 67.0 Å². The largest absolute Gasteiger partial charge is 0.490 e. The normalized spacial score (nSPS) is 14.7. The molecule has 0 aliphatic carbocycles. The zero-order valence-electron chi connectivity index (χ0n) is 19.6. The maximum Gasteiger partial charge on any atom is 0.267 e. The number of rotatable bonds is 7. The lowest BCUT2D eigenvalue weighted by molar-refractivity contribution is 0.0323. The highest BCUT2D eigenvalue weighted by Crippen LogP contribution is 2.38. The first-order valence-corrected chi connectivity index (χ1v) is 11.7. The molecule has 0 spiro atoms. The fourth-order valence-corrected chi connectivity index (χ4v) is 4.26. The van der Waals surface area contributed by atoms with E-state index in [0.29, 0.717) is 12.3 Å². The van der Waals surface area contributed by atoms with Crippen LogP contribution in [0.4, 0.5) is 0 Å². The molecule has 176 valence electrons. The van der Waals surface area contributed by atoms with Crippen LogP contribution in [0.15, 0.2) is 65.6 Å². The molecule has 0 N–H and O–H groups in total. The van der Waals surface area contributed by atoms with E-state index in [2.05, 4.69) is 4.90 Å². The number of benzene rings is 1. The minimum Gasteiger partial charge on any atom is -0.490 e. The standard InChI is InChI=1S/C26H29N5O3/c1-19(2)31-23(32)11-10-21(27-31)24-25(20-7-4-3-5-8-20)28-30-12-6-9-22(26(24)30)34-18-15-29-13-16-33-17-14-29/h3-12,19H,13-18H2,1-2H3. The van der Waals surface area contributed by atoms with Crippen LogP contribution in [0.2, 0.25) is 0 Å². The van der Waals surface area contributed by atoms with Crippen molar-refractivity contribution >= 4 is 5.52 Å². The molecule has 0 saturated carbocycles. The van der Waals surface area contributed by atoms with E-state index in [1.165, 1.54) is 4.68 Å². The lowest BCUT2D eigenvalue weighted by Gasteiger charge is -2.26. The van der Waals surface area contributed by atoms with Gasteiger partial charge >= 0.3 is 0 Å². The van der Waals surface area contributed by atoms with Crippen molar-refractivity contribution in [1.82, 2.24) is 24.3 Å². The smallest absolute Gasteiger partial charge is 0.267 e. The second kappa shape index (κ2) is 9.79. The Kier molecular flexibility index (Phi) is 6.42. The number of ether oxygens (including phenoxy) is 2. The zero-order valence-corrected chi connectivity index (χ0v) is 19.6. The summed E-state index contributed by atoms with van der Waals surface area (Å²) < 4.78 is 15.1. The number of pyridine rings is 1. The molecular weight excluding hydrogens is 430 g/mol. The van der Waals surface area contributed by atoms with E-state index in [4.69, 9.17) is 19.7 Å². The average molecular weight is 460 g/mol. The molecule has 1 aromatic carbocycles. The molecule has 0 amide bonds. The van der Waals surface area contributed by atoms with Gasteiger partial charge in [-0.15, -0.1) is 0 Å². The van der Waals surface area contributed by atoms with Crippen molar-refractivity contribution in [2.24, 2.45) is 0 Å². The summed E-state index contributed by atoms with van der Waals surface area (Å²) in [6, 6.07) is 17.2. The average Bonchev–Trinajstić information content (AvgIpc) is 3.26. The SMILES string of the molecule is CC(C)n1nc(-c2c(-c3ccccc3)nn3cccc(OCCN4CCOCC4)c23)ccc1=O. The van der Waals surface area contributed by atoms with E-state index in [1.54, 1.807) is 12.1 Å². The summed E-state index contributed by atoms with van der Waals surface area (Å²) in [6.07, 6.45) is 1.92. The van der Waals surface area contributed by atoms with Crippen LogP contribution in [0.3, 0.4) is 0 Å². The number of fused-ring (bicyclic) bond motifs is 1. The predicted molar refractivity (Wildman–Crippen MR) is 131 cm³/mol. The fraction of sp³-hybridized carbons (Fsp3) is 0.346. The van der Waals surface area contributed by atoms with Gasteiger partial charge in [-0.2, -0.15) is 10.2 Å². The van der Waals surface area contributed by atoms with Crippen LogP contribution in [0.25, 0.3) is 28.0 Å². The molecule has 0 unspecified atom stereocenters. The van der Waals surface area contributed by atoms with Gasteiger partial charge in [0, 0.05) is 37.5 Å². The summed E-state index contributed by atoms with van der Waals surface area (Å²) >= 11 is 0. The van der Waals surface area contributed by atoms with Crippen LogP contribution in [0, 0.1) is 0 Å². The van der Waals surface area contributed by atoms with Crippen molar-refractivity contribution in [2.45, 2.75) is 19.9 Å². The van der Waals surface area contributed by atoms with Crippen molar-refractivity contribution in [3.8, 4) is 28.3 Å². The molecule has 1 saturated heterocycles. The first-order chi connectivity index (χ1) is 16.6. The molecule has 0 bridgehead atoms. The Morgan fingerprint density at radius 2 is 1.79 bits per heavy atom. The molecule has 5 rings (SSSR count). The number of morpholine rings is 1. The molecule has 4 aromatic rings. The molecule has 1 aliphatic heterocycles. The van der Waals surface area contributed by atoms with Crippen LogP contribution in [0.1, 0.15) is 19.9 Å². The van der Waals surface area contributed by atoms with Crippen LogP contribution in [-0.4, -0.2) is 63.7 Å². The van der Waals surface area contributed by atoms with E-state index in [9.17, 15) is 4.79 Å². The van der Waals surface area contributed by atoms with Crippen molar-refractivity contribution in [3.63, 3.8) is 0 Å². The third-order valence-corrected chi connectivity index (χ3v) is 6.01. The summed E-state index contributed by atoms with van der Waals surface area (Å²) in [7, 11) is 0. The number of hydrogen-bond donors (Lipinski definition) is 0. The Morgan fingerprint density at radius 3 is 2.56 bits per heavy atom. The molecule has 1 aliphatic rings. The number of nitrogens with zero attached hydrogens (tertiary/aromatic N) is 5. The van der Waals surface area contributed by atoms with Crippen molar-refractivity contribution < 1.29 is 9.47 Å². The van der Waals surface area contributed by atoms with Gasteiger partial charge in [0.15, 0.2) is 0 Å². The summed E-state index contributed by atoms with van der Waals surface area (Å²) in [4.78, 5) is 14.7. The Bertz CT molecular complexity index is 1320. The predicted octanol–water partition coefficient (Wildman–Crippen LogP) is 3.52. The highest BCUT2D eigenvalue weighted by Gasteiger charge is 2.22. The van der Waals surface area contributed by atoms with E-state index < -0.39 is 0 Å². The Labute approximate surface area is 198 Å². The zero-order chi connectivity index (χ0) is 23.5. The Hall–Kier alpha value is -3.49. The van der Waals surface area contributed by atoms with Crippen LogP contribution in [-0.2, 0) is 4.74 Å². The maximum absolute atomic E-state index is 12.4. The van der Waals surface area contributed by atoms with Crippen LogP contribution >= 0.6 is 0 Å².